The van der Waals surface area contributed by atoms with E-state index < -0.39 is 15.9 Å². The molecular formula is C18H22N2O4S2. The van der Waals surface area contributed by atoms with Crippen molar-refractivity contribution in [2.75, 3.05) is 6.61 Å². The summed E-state index contributed by atoms with van der Waals surface area (Å²) in [5.74, 6) is 0.770. The van der Waals surface area contributed by atoms with Crippen LogP contribution in [0.4, 0.5) is 0 Å². The molecule has 2 aromatic rings. The van der Waals surface area contributed by atoms with Gasteiger partial charge in [0.2, 0.25) is 0 Å². The maximum Gasteiger partial charge on any atom is 0.276 e. The van der Waals surface area contributed by atoms with Gasteiger partial charge in [-0.05, 0) is 68.0 Å². The molecule has 6 nitrogen and oxygen atoms in total. The molecule has 0 spiro atoms. The highest BCUT2D eigenvalue weighted by Gasteiger charge is 2.22. The number of aryl methyl sites for hydroxylation is 1. The number of carbonyl (C=O) groups excluding carboxylic acids is 1. The van der Waals surface area contributed by atoms with Crippen molar-refractivity contribution in [3.63, 3.8) is 0 Å². The number of sulfonamides is 1. The van der Waals surface area contributed by atoms with Gasteiger partial charge >= 0.3 is 0 Å². The Labute approximate surface area is 157 Å². The number of hydrazine groups is 1. The number of nitrogens with one attached hydrogen (secondary N) is 2. The number of fused-ring (bicyclic) bond motifs is 1. The third-order valence-corrected chi connectivity index (χ3v) is 6.80. The summed E-state index contributed by atoms with van der Waals surface area (Å²) in [7, 11) is -3.84. The van der Waals surface area contributed by atoms with E-state index >= 15 is 0 Å². The second-order valence-corrected chi connectivity index (χ2v) is 9.19. The zero-order chi connectivity index (χ0) is 18.7. The van der Waals surface area contributed by atoms with Gasteiger partial charge in [-0.3, -0.25) is 10.2 Å². The fourth-order valence-corrected chi connectivity index (χ4v) is 4.88. The van der Waals surface area contributed by atoms with E-state index in [-0.39, 0.29) is 4.90 Å². The van der Waals surface area contributed by atoms with Gasteiger partial charge in [0, 0.05) is 4.88 Å². The van der Waals surface area contributed by atoms with E-state index in [1.807, 2.05) is 13.0 Å². The highest BCUT2D eigenvalue weighted by molar-refractivity contribution is 7.89. The molecule has 0 bridgehead atoms. The molecule has 1 atom stereocenters. The largest absolute Gasteiger partial charge is 0.494 e. The fourth-order valence-electron chi connectivity index (χ4n) is 2.93. The fraction of sp³-hybridized carbons (Fsp3) is 0.389. The van der Waals surface area contributed by atoms with Crippen LogP contribution >= 0.6 is 11.3 Å². The van der Waals surface area contributed by atoms with Crippen LogP contribution < -0.4 is 15.0 Å². The summed E-state index contributed by atoms with van der Waals surface area (Å²) in [5, 5.41) is 0. The van der Waals surface area contributed by atoms with Crippen LogP contribution in [0.15, 0.2) is 35.2 Å². The Morgan fingerprint density at radius 3 is 2.73 bits per heavy atom. The van der Waals surface area contributed by atoms with E-state index in [2.05, 4.69) is 17.2 Å². The summed E-state index contributed by atoms with van der Waals surface area (Å²) in [4.78, 5) is 16.3. The van der Waals surface area contributed by atoms with Gasteiger partial charge in [0.1, 0.15) is 5.75 Å². The lowest BCUT2D eigenvalue weighted by atomic mass is 9.90. The van der Waals surface area contributed by atoms with Crippen molar-refractivity contribution in [2.45, 2.75) is 38.0 Å². The Morgan fingerprint density at radius 2 is 2.04 bits per heavy atom. The predicted molar refractivity (Wildman–Crippen MR) is 101 cm³/mol. The first-order chi connectivity index (χ1) is 12.4. The zero-order valence-electron chi connectivity index (χ0n) is 14.7. The number of carbonyl (C=O) groups is 1. The summed E-state index contributed by atoms with van der Waals surface area (Å²) in [6.45, 7) is 4.56. The van der Waals surface area contributed by atoms with Gasteiger partial charge in [-0.15, -0.1) is 16.2 Å². The molecular weight excluding hydrogens is 372 g/mol. The van der Waals surface area contributed by atoms with Crippen molar-refractivity contribution in [2.24, 2.45) is 5.92 Å². The minimum Gasteiger partial charge on any atom is -0.494 e. The van der Waals surface area contributed by atoms with Crippen molar-refractivity contribution in [3.05, 3.63) is 45.6 Å². The number of rotatable bonds is 6. The molecule has 0 saturated heterocycles. The number of hydrogen-bond donors (Lipinski definition) is 2. The molecule has 3 rings (SSSR count). The summed E-state index contributed by atoms with van der Waals surface area (Å²) in [6, 6.07) is 7.90. The van der Waals surface area contributed by atoms with Crippen LogP contribution in [0, 0.1) is 5.92 Å². The lowest BCUT2D eigenvalue weighted by molar-refractivity contribution is 0.0949. The first kappa shape index (κ1) is 18.9. The number of hydrogen-bond acceptors (Lipinski definition) is 5. The van der Waals surface area contributed by atoms with Crippen LogP contribution in [0.5, 0.6) is 5.75 Å². The first-order valence-electron chi connectivity index (χ1n) is 8.55. The highest BCUT2D eigenvalue weighted by atomic mass is 32.2. The summed E-state index contributed by atoms with van der Waals surface area (Å²) < 4.78 is 29.9. The zero-order valence-corrected chi connectivity index (χ0v) is 16.4. The van der Waals surface area contributed by atoms with E-state index in [4.69, 9.17) is 4.74 Å². The first-order valence-corrected chi connectivity index (χ1v) is 10.9. The average Bonchev–Trinajstić information content (AvgIpc) is 3.04. The topological polar surface area (TPSA) is 84.5 Å². The summed E-state index contributed by atoms with van der Waals surface area (Å²) >= 11 is 1.44. The lowest BCUT2D eigenvalue weighted by Crippen LogP contribution is -2.41. The second-order valence-electron chi connectivity index (χ2n) is 6.37. The van der Waals surface area contributed by atoms with E-state index in [9.17, 15) is 13.2 Å². The summed E-state index contributed by atoms with van der Waals surface area (Å²) in [6.07, 6.45) is 3.07. The average molecular weight is 395 g/mol. The molecule has 2 N–H and O–H groups in total. The molecule has 8 heteroatoms. The minimum atomic E-state index is -3.84. The molecule has 1 aromatic heterocycles. The smallest absolute Gasteiger partial charge is 0.276 e. The summed E-state index contributed by atoms with van der Waals surface area (Å²) in [5.41, 5.74) is 3.50. The molecule has 1 aliphatic carbocycles. The number of thiophene rings is 1. The van der Waals surface area contributed by atoms with Crippen LogP contribution in [0.1, 0.15) is 40.4 Å². The van der Waals surface area contributed by atoms with Crippen LogP contribution in [0.3, 0.4) is 0 Å². The molecule has 1 aliphatic rings. The standard InChI is InChI=1S/C18H22N2O4S2/c1-3-24-14-5-7-15(8-6-14)26(22,23)20-19-18(21)17-11-13-10-12(2)4-9-16(13)25-17/h5-8,11-12,20H,3-4,9-10H2,1-2H3,(H,19,21). The Kier molecular flexibility index (Phi) is 5.64. The molecule has 1 heterocycles. The van der Waals surface area contributed by atoms with E-state index in [1.165, 1.54) is 33.9 Å². The molecule has 1 aromatic carbocycles. The second kappa shape index (κ2) is 7.77. The van der Waals surface area contributed by atoms with E-state index in [1.54, 1.807) is 12.1 Å². The predicted octanol–water partition coefficient (Wildman–Crippen LogP) is 2.89. The Hall–Kier alpha value is -1.90. The van der Waals surface area contributed by atoms with Gasteiger partial charge in [-0.2, -0.15) is 0 Å². The number of amides is 1. The molecule has 0 radical (unpaired) electrons. The van der Waals surface area contributed by atoms with E-state index in [0.29, 0.717) is 23.2 Å². The highest BCUT2D eigenvalue weighted by Crippen LogP contribution is 2.32. The molecule has 0 fully saturated rings. The van der Waals surface area contributed by atoms with Crippen molar-refractivity contribution in [1.29, 1.82) is 0 Å². The van der Waals surface area contributed by atoms with Gasteiger partial charge in [-0.1, -0.05) is 6.92 Å². The molecule has 0 aliphatic heterocycles. The van der Waals surface area contributed by atoms with Crippen molar-refractivity contribution in [1.82, 2.24) is 10.3 Å². The van der Waals surface area contributed by atoms with Crippen LogP contribution in [0.25, 0.3) is 0 Å². The van der Waals surface area contributed by atoms with Crippen molar-refractivity contribution in [3.8, 4) is 5.75 Å². The third kappa shape index (κ3) is 4.25. The molecule has 26 heavy (non-hydrogen) atoms. The Bertz CT molecular complexity index is 888. The molecule has 1 amide bonds. The van der Waals surface area contributed by atoms with Crippen molar-refractivity contribution >= 4 is 27.3 Å². The van der Waals surface area contributed by atoms with Crippen LogP contribution in [0.2, 0.25) is 0 Å². The maximum absolute atomic E-state index is 12.3. The van der Waals surface area contributed by atoms with Gasteiger partial charge < -0.3 is 4.74 Å². The SMILES string of the molecule is CCOc1ccc(S(=O)(=O)NNC(=O)c2cc3c(s2)CCC(C)C3)cc1. The number of ether oxygens (including phenoxy) is 1. The minimum absolute atomic E-state index is 0.0561. The van der Waals surface area contributed by atoms with Crippen molar-refractivity contribution < 1.29 is 17.9 Å². The van der Waals surface area contributed by atoms with Crippen LogP contribution in [-0.2, 0) is 22.9 Å². The molecule has 0 saturated carbocycles. The maximum atomic E-state index is 12.3. The monoisotopic (exact) mass is 394 g/mol. The number of benzene rings is 1. The van der Waals surface area contributed by atoms with Gasteiger partial charge in [0.25, 0.3) is 15.9 Å². The van der Waals surface area contributed by atoms with Gasteiger partial charge in [0.05, 0.1) is 16.4 Å². The molecule has 1 unspecified atom stereocenters. The Morgan fingerprint density at radius 1 is 1.31 bits per heavy atom. The third-order valence-electron chi connectivity index (χ3n) is 4.30. The van der Waals surface area contributed by atoms with Gasteiger partial charge in [0.15, 0.2) is 0 Å². The normalized spacial score (nSPS) is 16.8. The quantitative estimate of drug-likeness (QED) is 0.738. The van der Waals surface area contributed by atoms with E-state index in [0.717, 1.165) is 19.3 Å². The Balaban J connectivity index is 1.65. The van der Waals surface area contributed by atoms with Crippen LogP contribution in [-0.4, -0.2) is 20.9 Å². The lowest BCUT2D eigenvalue weighted by Gasteiger charge is -2.16. The molecule has 140 valence electrons. The van der Waals surface area contributed by atoms with Gasteiger partial charge in [-0.25, -0.2) is 8.42 Å².